The summed E-state index contributed by atoms with van der Waals surface area (Å²) in [5, 5.41) is 0. The van der Waals surface area contributed by atoms with Crippen molar-refractivity contribution in [3.8, 4) is 11.1 Å². The van der Waals surface area contributed by atoms with Crippen LogP contribution in [0.25, 0.3) is 11.1 Å². The Morgan fingerprint density at radius 1 is 0.471 bits per heavy atom. The van der Waals surface area contributed by atoms with Gasteiger partial charge in [-0.2, -0.15) is 0 Å². The van der Waals surface area contributed by atoms with Crippen molar-refractivity contribution < 1.29 is 13.0 Å². The summed E-state index contributed by atoms with van der Waals surface area (Å²) in [4.78, 5) is 31.5. The number of benzene rings is 1. The van der Waals surface area contributed by atoms with E-state index >= 15 is 0 Å². The van der Waals surface area contributed by atoms with Gasteiger partial charge in [-0.15, -0.1) is 0 Å². The quantitative estimate of drug-likeness (QED) is 0.369. The van der Waals surface area contributed by atoms with Gasteiger partial charge in [0.05, 0.1) is 0 Å². The van der Waals surface area contributed by atoms with Crippen LogP contribution < -0.4 is 0 Å². The summed E-state index contributed by atoms with van der Waals surface area (Å²) < 4.78 is 1.65. The molecule has 170 valence electrons. The molecular formula is C31H25Fe2N. The van der Waals surface area contributed by atoms with E-state index in [2.05, 4.69) is 42.5 Å². The third-order valence-electron chi connectivity index (χ3n) is 32.1. The third kappa shape index (κ3) is 0.136. The fourth-order valence-corrected chi connectivity index (χ4v) is 183. The molecule has 3 heteroatoms. The summed E-state index contributed by atoms with van der Waals surface area (Å²) in [6.45, 7) is -6.42. The van der Waals surface area contributed by atoms with Crippen LogP contribution in [0.2, 0.25) is 86.7 Å². The van der Waals surface area contributed by atoms with Crippen molar-refractivity contribution in [2.75, 3.05) is 0 Å². The van der Waals surface area contributed by atoms with Crippen LogP contribution in [0, 0.1) is 0 Å². The van der Waals surface area contributed by atoms with Crippen molar-refractivity contribution in [1.29, 1.82) is 0 Å². The molecular weight excluding hydrogens is 498 g/mol. The maximum absolute atomic E-state index is 6.21. The Labute approximate surface area is 177 Å². The van der Waals surface area contributed by atoms with Crippen LogP contribution in [-0.2, 0) is 21.6 Å². The van der Waals surface area contributed by atoms with E-state index in [-0.39, 0.29) is 0 Å². The van der Waals surface area contributed by atoms with E-state index in [4.69, 9.17) is 4.98 Å². The second-order valence-corrected chi connectivity index (χ2v) is 69.5. The molecule has 1 nitrogen and oxygen atoms in total. The predicted octanol–water partition coefficient (Wildman–Crippen LogP) is 8.34. The van der Waals surface area contributed by atoms with Crippen molar-refractivity contribution >= 4 is 0 Å². The zero-order valence-corrected chi connectivity index (χ0v) is 20.8. The van der Waals surface area contributed by atoms with Gasteiger partial charge >= 0.3 is 178 Å². The third-order valence-corrected chi connectivity index (χ3v) is 117. The molecule has 0 amide bonds. The van der Waals surface area contributed by atoms with Gasteiger partial charge in [0.15, 0.2) is 0 Å². The van der Waals surface area contributed by atoms with Gasteiger partial charge in [-0.25, -0.2) is 0 Å². The molecule has 21 heterocycles. The van der Waals surface area contributed by atoms with Crippen molar-refractivity contribution in [3.63, 3.8) is 0 Å². The number of fused-ring (bicyclic) bond motifs is 20. The Hall–Kier alpha value is -0.591. The number of rotatable bonds is 3. The molecule has 0 bridgehead atoms. The first-order valence-electron chi connectivity index (χ1n) is 14.8. The van der Waals surface area contributed by atoms with E-state index in [9.17, 15) is 0 Å². The fraction of sp³-hybridized carbons (Fsp3) is 0.645. The molecule has 20 aliphatic rings. The van der Waals surface area contributed by atoms with Gasteiger partial charge in [-0.05, 0) is 0 Å². The molecule has 0 aliphatic carbocycles. The molecule has 8 unspecified atom stereocenters. The molecule has 2 aromatic rings. The van der Waals surface area contributed by atoms with Gasteiger partial charge in [0, 0.05) is 0 Å². The summed E-state index contributed by atoms with van der Waals surface area (Å²) in [6.07, 6.45) is 0. The molecule has 0 N–H and O–H groups in total. The van der Waals surface area contributed by atoms with Gasteiger partial charge in [0.2, 0.25) is 0 Å². The first kappa shape index (κ1) is 11.9. The molecule has 34 heavy (non-hydrogen) atoms. The van der Waals surface area contributed by atoms with Crippen LogP contribution in [0.15, 0.2) is 42.5 Å². The SMILES string of the molecule is c1ccc(-c2cc([C]34[CH]5[CH]6[CH]7[CH]3[Fe]6754389%10[CH]4[CH]3[CH]8[CH]9[CH]4%10)nc([C]34[CH]5[CH]6[CH]7[CH]3[Fe]6754389%10[CH]4[CH]3[CH]8[CH]9[CH]4%10)c2)cc1. The molecule has 0 saturated carbocycles. The Balaban J connectivity index is 0.993. The monoisotopic (exact) mass is 523 g/mol. The Kier molecular flexibility index (Phi) is 0.362. The number of nitrogens with zero attached hydrogens (tertiary/aromatic N) is 1. The van der Waals surface area contributed by atoms with Crippen molar-refractivity contribution in [2.24, 2.45) is 0 Å². The molecule has 20 fully saturated rings. The van der Waals surface area contributed by atoms with E-state index in [1.807, 2.05) is 11.4 Å². The number of hydrogen-bond donors (Lipinski definition) is 0. The Morgan fingerprint density at radius 2 is 0.853 bits per heavy atom. The van der Waals surface area contributed by atoms with E-state index in [0.717, 1.165) is 8.63 Å². The van der Waals surface area contributed by atoms with E-state index in [0.29, 0.717) is 0 Å². The Bertz CT molecular complexity index is 2370. The second kappa shape index (κ2) is 1.04. The minimum absolute atomic E-state index is 0.826. The van der Waals surface area contributed by atoms with E-state index in [1.165, 1.54) is 92.3 Å². The van der Waals surface area contributed by atoms with Gasteiger partial charge in [-0.3, -0.25) is 0 Å². The average Bonchev–Trinajstić information content (AvgIpc) is 3.77. The molecule has 22 rings (SSSR count). The summed E-state index contributed by atoms with van der Waals surface area (Å²) in [7, 11) is 0. The Morgan fingerprint density at radius 3 is 1.15 bits per heavy atom. The van der Waals surface area contributed by atoms with Gasteiger partial charge in [0.1, 0.15) is 0 Å². The van der Waals surface area contributed by atoms with Crippen LogP contribution in [0.5, 0.6) is 0 Å². The topological polar surface area (TPSA) is 12.9 Å². The van der Waals surface area contributed by atoms with Crippen LogP contribution in [-0.4, -0.2) is 4.98 Å². The van der Waals surface area contributed by atoms with Crippen LogP contribution in [0.3, 0.4) is 0 Å². The second-order valence-electron chi connectivity index (χ2n) is 22.4. The number of pyridine rings is 1. The summed E-state index contributed by atoms with van der Waals surface area (Å²) >= 11 is 0. The summed E-state index contributed by atoms with van der Waals surface area (Å²) in [5.41, 5.74) is 6.80. The first-order chi connectivity index (χ1) is 16.3. The predicted molar refractivity (Wildman–Crippen MR) is 121 cm³/mol. The van der Waals surface area contributed by atoms with Crippen LogP contribution >= 0.6 is 0 Å². The van der Waals surface area contributed by atoms with Gasteiger partial charge in [0.25, 0.3) is 0 Å². The number of hydrogen-bond acceptors (Lipinski definition) is 1. The van der Waals surface area contributed by atoms with Gasteiger partial charge in [-0.1, -0.05) is 0 Å². The summed E-state index contributed by atoms with van der Waals surface area (Å²) in [5.74, 6) is 0. The fourth-order valence-electron chi connectivity index (χ4n) is 35.5. The standard InChI is InChI=1S/C21H15N.2C5H5.2Fe/c1-2-8-16(9-3-1)19-14-20(17-10-4-5-11-17)22-21(15-19)18-12-6-7-13-18;2*1-2-4-5-3-1;;/h1-15H;2*1-5H;;. The summed E-state index contributed by atoms with van der Waals surface area (Å²) in [6, 6.07) is 17.2. The molecule has 0 radical (unpaired) electrons. The molecule has 20 saturated heterocycles. The minimum atomic E-state index is -3.21. The van der Waals surface area contributed by atoms with E-state index < -0.39 is 13.0 Å². The van der Waals surface area contributed by atoms with Gasteiger partial charge < -0.3 is 0 Å². The number of aromatic nitrogens is 1. The zero-order valence-electron chi connectivity index (χ0n) is 18.6. The van der Waals surface area contributed by atoms with Crippen LogP contribution in [0.1, 0.15) is 11.4 Å². The molecule has 1 aromatic heterocycles. The molecule has 20 aliphatic heterocycles. The van der Waals surface area contributed by atoms with Crippen molar-refractivity contribution in [1.82, 2.24) is 4.98 Å². The zero-order chi connectivity index (χ0) is 20.0. The molecule has 8 atom stereocenters. The van der Waals surface area contributed by atoms with Crippen LogP contribution in [0.4, 0.5) is 0 Å². The molecule has 1 aromatic carbocycles. The van der Waals surface area contributed by atoms with E-state index in [1.54, 1.807) is 5.56 Å². The van der Waals surface area contributed by atoms with Crippen molar-refractivity contribution in [3.05, 3.63) is 53.9 Å². The van der Waals surface area contributed by atoms with Crippen molar-refractivity contribution in [2.45, 2.75) is 95.3 Å². The first-order valence-corrected chi connectivity index (χ1v) is 27.4. The average molecular weight is 523 g/mol. The normalized spacial score (nSPS) is 120. The molecule has 2 spiro atoms. The maximum atomic E-state index is 6.21.